The summed E-state index contributed by atoms with van der Waals surface area (Å²) in [6.45, 7) is 0. The minimum atomic E-state index is -1.73. The summed E-state index contributed by atoms with van der Waals surface area (Å²) in [5.41, 5.74) is -0.792. The highest BCUT2D eigenvalue weighted by Crippen LogP contribution is 2.50. The van der Waals surface area contributed by atoms with Crippen LogP contribution in [0.25, 0.3) is 0 Å². The highest BCUT2D eigenvalue weighted by molar-refractivity contribution is 6.23. The van der Waals surface area contributed by atoms with Gasteiger partial charge >= 0.3 is 0 Å². The molecule has 204 valence electrons. The molecule has 4 rings (SSSR count). The standard InChI is InChI=1S/C32H56ClFO/c33-32(34,26-23-29-17-9-3-10-18-29)31(35-30-19-11-4-12-20-30,24-21-27-13-5-1-6-14-27)25-22-28-15-7-2-8-16-28/h27-30H,1-26H2. The van der Waals surface area contributed by atoms with Crippen molar-refractivity contribution in [2.45, 2.75) is 184 Å². The first kappa shape index (κ1) is 28.2. The quantitative estimate of drug-likeness (QED) is 0.237. The smallest absolute Gasteiger partial charge is 0.212 e. The maximum Gasteiger partial charge on any atom is 0.212 e. The average Bonchev–Trinajstić information content (AvgIpc) is 2.91. The second-order valence-electron chi connectivity index (χ2n) is 13.2. The van der Waals surface area contributed by atoms with Crippen LogP contribution in [0.4, 0.5) is 4.39 Å². The first-order valence-electron chi connectivity index (χ1n) is 16.1. The molecular weight excluding hydrogens is 455 g/mol. The zero-order chi connectivity index (χ0) is 24.4. The van der Waals surface area contributed by atoms with Crippen molar-refractivity contribution in [2.75, 3.05) is 0 Å². The molecule has 3 heteroatoms. The molecule has 0 bridgehead atoms. The van der Waals surface area contributed by atoms with Gasteiger partial charge in [-0.15, -0.1) is 0 Å². The normalized spacial score (nSPS) is 26.6. The Kier molecular flexibility index (Phi) is 11.6. The van der Waals surface area contributed by atoms with Gasteiger partial charge in [0.05, 0.1) is 6.10 Å². The van der Waals surface area contributed by atoms with Crippen LogP contribution in [0.15, 0.2) is 0 Å². The third-order valence-corrected chi connectivity index (χ3v) is 11.1. The van der Waals surface area contributed by atoms with Gasteiger partial charge in [-0.1, -0.05) is 127 Å². The van der Waals surface area contributed by atoms with E-state index in [2.05, 4.69) is 0 Å². The maximum atomic E-state index is 17.1. The van der Waals surface area contributed by atoms with E-state index in [4.69, 9.17) is 16.3 Å². The third kappa shape index (κ3) is 8.59. The van der Waals surface area contributed by atoms with Gasteiger partial charge in [-0.3, -0.25) is 0 Å². The Bertz CT molecular complexity index is 546. The molecular formula is C32H56ClFO. The van der Waals surface area contributed by atoms with E-state index < -0.39 is 10.7 Å². The van der Waals surface area contributed by atoms with E-state index in [1.54, 1.807) is 0 Å². The second-order valence-corrected chi connectivity index (χ2v) is 13.8. The van der Waals surface area contributed by atoms with E-state index in [9.17, 15) is 0 Å². The van der Waals surface area contributed by atoms with Crippen molar-refractivity contribution in [3.05, 3.63) is 0 Å². The van der Waals surface area contributed by atoms with Crippen molar-refractivity contribution in [3.63, 3.8) is 0 Å². The molecule has 0 saturated heterocycles. The van der Waals surface area contributed by atoms with Gasteiger partial charge in [-0.25, -0.2) is 4.39 Å². The fraction of sp³-hybridized carbons (Fsp3) is 1.00. The van der Waals surface area contributed by atoms with E-state index >= 15 is 4.39 Å². The molecule has 0 radical (unpaired) electrons. The Hall–Kier alpha value is 0.180. The number of halogens is 2. The van der Waals surface area contributed by atoms with Gasteiger partial charge in [-0.2, -0.15) is 0 Å². The number of alkyl halides is 2. The first-order valence-corrected chi connectivity index (χ1v) is 16.5. The summed E-state index contributed by atoms with van der Waals surface area (Å²) in [6, 6.07) is 0. The van der Waals surface area contributed by atoms with Gasteiger partial charge in [0.15, 0.2) is 0 Å². The SMILES string of the molecule is FC(Cl)(CCC1CCCCC1)C(CCC1CCCCC1)(CCC1CCCCC1)OC1CCCCC1. The summed E-state index contributed by atoms with van der Waals surface area (Å²) in [7, 11) is 0. The van der Waals surface area contributed by atoms with E-state index in [1.807, 2.05) is 0 Å². The molecule has 0 aliphatic heterocycles. The molecule has 1 unspecified atom stereocenters. The fourth-order valence-electron chi connectivity index (χ4n) is 8.11. The molecule has 35 heavy (non-hydrogen) atoms. The first-order chi connectivity index (χ1) is 17.1. The van der Waals surface area contributed by atoms with Crippen LogP contribution in [0.3, 0.4) is 0 Å². The fourth-order valence-corrected chi connectivity index (χ4v) is 8.45. The van der Waals surface area contributed by atoms with Gasteiger partial charge in [0, 0.05) is 0 Å². The van der Waals surface area contributed by atoms with E-state index in [-0.39, 0.29) is 6.10 Å². The predicted molar refractivity (Wildman–Crippen MR) is 148 cm³/mol. The molecule has 0 aromatic carbocycles. The van der Waals surface area contributed by atoms with Gasteiger partial charge in [0.1, 0.15) is 5.60 Å². The average molecular weight is 511 g/mol. The zero-order valence-corrected chi connectivity index (χ0v) is 23.6. The molecule has 0 spiro atoms. The minimum absolute atomic E-state index is 0.213. The van der Waals surface area contributed by atoms with Crippen LogP contribution in [0.2, 0.25) is 0 Å². The lowest BCUT2D eigenvalue weighted by Gasteiger charge is -2.47. The van der Waals surface area contributed by atoms with Crippen molar-refractivity contribution in [2.24, 2.45) is 17.8 Å². The number of ether oxygens (including phenoxy) is 1. The molecule has 4 aliphatic carbocycles. The molecule has 4 saturated carbocycles. The second kappa shape index (κ2) is 14.4. The Balaban J connectivity index is 1.50. The molecule has 0 heterocycles. The largest absolute Gasteiger partial charge is 0.367 e. The topological polar surface area (TPSA) is 9.23 Å². The van der Waals surface area contributed by atoms with Crippen LogP contribution in [0.1, 0.15) is 167 Å². The third-order valence-electron chi connectivity index (χ3n) is 10.6. The molecule has 0 aromatic heterocycles. The number of rotatable bonds is 12. The summed E-state index contributed by atoms with van der Waals surface area (Å²) in [5, 5.41) is -1.73. The summed E-state index contributed by atoms with van der Waals surface area (Å²) in [5.74, 6) is 2.17. The highest BCUT2D eigenvalue weighted by Gasteiger charge is 2.53. The van der Waals surface area contributed by atoms with Crippen molar-refractivity contribution in [3.8, 4) is 0 Å². The van der Waals surface area contributed by atoms with Crippen molar-refractivity contribution in [1.29, 1.82) is 0 Å². The minimum Gasteiger partial charge on any atom is -0.367 e. The van der Waals surface area contributed by atoms with E-state index in [0.717, 1.165) is 56.8 Å². The van der Waals surface area contributed by atoms with E-state index in [1.165, 1.54) is 116 Å². The van der Waals surface area contributed by atoms with Crippen molar-refractivity contribution in [1.82, 2.24) is 0 Å². The van der Waals surface area contributed by atoms with Crippen LogP contribution in [-0.2, 0) is 4.74 Å². The predicted octanol–water partition coefficient (Wildman–Crippen LogP) is 11.1. The van der Waals surface area contributed by atoms with Crippen LogP contribution in [0.5, 0.6) is 0 Å². The molecule has 0 N–H and O–H groups in total. The molecule has 0 aromatic rings. The lowest BCUT2D eigenvalue weighted by atomic mass is 9.75. The highest BCUT2D eigenvalue weighted by atomic mass is 35.5. The summed E-state index contributed by atoms with van der Waals surface area (Å²) >= 11 is 7.14. The van der Waals surface area contributed by atoms with Crippen LogP contribution < -0.4 is 0 Å². The maximum absolute atomic E-state index is 17.1. The van der Waals surface area contributed by atoms with Crippen molar-refractivity contribution < 1.29 is 9.13 Å². The van der Waals surface area contributed by atoms with Crippen LogP contribution in [0, 0.1) is 17.8 Å². The van der Waals surface area contributed by atoms with Gasteiger partial charge in [0.2, 0.25) is 5.13 Å². The Labute approximate surface area is 222 Å². The Morgan fingerprint density at radius 2 is 0.857 bits per heavy atom. The summed E-state index contributed by atoms with van der Waals surface area (Å²) < 4.78 is 24.1. The lowest BCUT2D eigenvalue weighted by molar-refractivity contribution is -0.172. The number of hydrogen-bond donors (Lipinski definition) is 0. The molecule has 4 fully saturated rings. The molecule has 1 atom stereocenters. The van der Waals surface area contributed by atoms with E-state index in [0.29, 0.717) is 12.3 Å². The zero-order valence-electron chi connectivity index (χ0n) is 22.9. The molecule has 4 aliphatic rings. The van der Waals surface area contributed by atoms with Crippen LogP contribution in [-0.4, -0.2) is 16.8 Å². The van der Waals surface area contributed by atoms with Gasteiger partial charge in [-0.05, 0) is 69.1 Å². The summed E-state index contributed by atoms with van der Waals surface area (Å²) in [6.07, 6.45) is 31.5. The Morgan fingerprint density at radius 1 is 0.514 bits per heavy atom. The monoisotopic (exact) mass is 510 g/mol. The Morgan fingerprint density at radius 3 is 1.26 bits per heavy atom. The van der Waals surface area contributed by atoms with Gasteiger partial charge < -0.3 is 4.74 Å². The lowest BCUT2D eigenvalue weighted by Crippen LogP contribution is -2.52. The van der Waals surface area contributed by atoms with Crippen molar-refractivity contribution >= 4 is 11.6 Å². The van der Waals surface area contributed by atoms with Crippen LogP contribution >= 0.6 is 11.6 Å². The van der Waals surface area contributed by atoms with Gasteiger partial charge in [0.25, 0.3) is 0 Å². The summed E-state index contributed by atoms with van der Waals surface area (Å²) in [4.78, 5) is 0. The molecule has 1 nitrogen and oxygen atoms in total. The number of hydrogen-bond acceptors (Lipinski definition) is 1. The molecule has 0 amide bonds.